The van der Waals surface area contributed by atoms with E-state index in [1.165, 1.54) is 6.08 Å². The Morgan fingerprint density at radius 1 is 1.36 bits per heavy atom. The molecule has 25 heavy (non-hydrogen) atoms. The molecule has 4 atom stereocenters. The van der Waals surface area contributed by atoms with Crippen LogP contribution in [0, 0.1) is 10.8 Å². The lowest BCUT2D eigenvalue weighted by atomic mass is 9.73. The molecule has 138 valence electrons. The first kappa shape index (κ1) is 17.9. The number of hydrogen-bond acceptors (Lipinski definition) is 7. The van der Waals surface area contributed by atoms with Gasteiger partial charge >= 0.3 is 17.9 Å². The second kappa shape index (κ2) is 6.44. The van der Waals surface area contributed by atoms with Crippen LogP contribution in [-0.4, -0.2) is 49.4 Å². The molecule has 4 aliphatic rings. The van der Waals surface area contributed by atoms with Crippen molar-refractivity contribution in [1.29, 1.82) is 0 Å². The van der Waals surface area contributed by atoms with Crippen molar-refractivity contribution < 1.29 is 33.3 Å². The van der Waals surface area contributed by atoms with Crippen molar-refractivity contribution in [3.8, 4) is 0 Å². The van der Waals surface area contributed by atoms with E-state index in [0.29, 0.717) is 13.0 Å². The summed E-state index contributed by atoms with van der Waals surface area (Å²) in [6, 6.07) is 0. The number of fused-ring (bicyclic) bond motifs is 2. The smallest absolute Gasteiger partial charge is 0.348 e. The third-order valence-corrected chi connectivity index (χ3v) is 5.01. The molecule has 2 saturated heterocycles. The number of cyclic esters (lactones) is 1. The SMILES string of the molecule is CCCCO[C@@H]1C[C@@H]2C=C[C@@]1(C(=O)O[C@H]1C(=O)OCC1(C)C)C(=O)O2. The van der Waals surface area contributed by atoms with Crippen LogP contribution in [0.15, 0.2) is 12.2 Å². The first-order chi connectivity index (χ1) is 11.8. The van der Waals surface area contributed by atoms with Gasteiger partial charge in [0.05, 0.1) is 6.10 Å². The molecule has 0 radical (unpaired) electrons. The van der Waals surface area contributed by atoms with E-state index in [-0.39, 0.29) is 12.7 Å². The molecule has 2 fully saturated rings. The average molecular weight is 352 g/mol. The highest BCUT2D eigenvalue weighted by molar-refractivity contribution is 6.05. The predicted molar refractivity (Wildman–Crippen MR) is 85.3 cm³/mol. The molecule has 0 aromatic carbocycles. The van der Waals surface area contributed by atoms with Crippen molar-refractivity contribution in [2.24, 2.45) is 10.8 Å². The lowest BCUT2D eigenvalue weighted by Crippen LogP contribution is -2.59. The van der Waals surface area contributed by atoms with Crippen LogP contribution in [0.5, 0.6) is 0 Å². The minimum Gasteiger partial charge on any atom is -0.462 e. The average Bonchev–Trinajstić information content (AvgIpc) is 2.82. The van der Waals surface area contributed by atoms with E-state index in [1.807, 2.05) is 6.92 Å². The van der Waals surface area contributed by atoms with Gasteiger partial charge in [0.1, 0.15) is 12.7 Å². The summed E-state index contributed by atoms with van der Waals surface area (Å²) in [7, 11) is 0. The minimum absolute atomic E-state index is 0.162. The van der Waals surface area contributed by atoms with E-state index in [4.69, 9.17) is 18.9 Å². The van der Waals surface area contributed by atoms with E-state index in [0.717, 1.165) is 12.8 Å². The Kier molecular flexibility index (Phi) is 4.62. The Morgan fingerprint density at radius 3 is 2.72 bits per heavy atom. The molecular formula is C18H24O7. The fraction of sp³-hybridized carbons (Fsp3) is 0.722. The van der Waals surface area contributed by atoms with Gasteiger partial charge in [-0.15, -0.1) is 0 Å². The molecule has 4 rings (SSSR count). The largest absolute Gasteiger partial charge is 0.462 e. The normalized spacial score (nSPS) is 35.4. The quantitative estimate of drug-likeness (QED) is 0.235. The van der Waals surface area contributed by atoms with E-state index in [9.17, 15) is 14.4 Å². The van der Waals surface area contributed by atoms with E-state index < -0.39 is 40.9 Å². The molecule has 2 bridgehead atoms. The number of ether oxygens (including phenoxy) is 4. The Balaban J connectivity index is 1.83. The van der Waals surface area contributed by atoms with Gasteiger partial charge in [-0.1, -0.05) is 33.3 Å². The lowest BCUT2D eigenvalue weighted by Gasteiger charge is -2.44. The van der Waals surface area contributed by atoms with Crippen molar-refractivity contribution in [2.45, 2.75) is 58.3 Å². The van der Waals surface area contributed by atoms with Gasteiger partial charge in [-0.25, -0.2) is 4.79 Å². The molecule has 0 unspecified atom stereocenters. The molecule has 0 amide bonds. The number of hydrogen-bond donors (Lipinski definition) is 0. The summed E-state index contributed by atoms with van der Waals surface area (Å²) in [5, 5.41) is 0. The molecule has 7 nitrogen and oxygen atoms in total. The molecule has 0 spiro atoms. The fourth-order valence-corrected chi connectivity index (χ4v) is 3.36. The summed E-state index contributed by atoms with van der Waals surface area (Å²) in [4.78, 5) is 37.4. The maximum Gasteiger partial charge on any atom is 0.348 e. The molecule has 0 N–H and O–H groups in total. The van der Waals surface area contributed by atoms with Crippen molar-refractivity contribution >= 4 is 17.9 Å². The Morgan fingerprint density at radius 2 is 2.12 bits per heavy atom. The highest BCUT2D eigenvalue weighted by atomic mass is 16.6. The number of esters is 3. The summed E-state index contributed by atoms with van der Waals surface area (Å²) in [5.74, 6) is -2.09. The number of carbonyl (C=O) groups is 3. The highest BCUT2D eigenvalue weighted by Gasteiger charge is 2.62. The van der Waals surface area contributed by atoms with Crippen molar-refractivity contribution in [1.82, 2.24) is 0 Å². The second-order valence-corrected chi connectivity index (χ2v) is 7.50. The summed E-state index contributed by atoms with van der Waals surface area (Å²) >= 11 is 0. The third-order valence-electron chi connectivity index (χ3n) is 5.01. The van der Waals surface area contributed by atoms with Crippen LogP contribution in [-0.2, 0) is 33.3 Å². The number of carbonyl (C=O) groups excluding carboxylic acids is 3. The van der Waals surface area contributed by atoms with Gasteiger partial charge in [0.2, 0.25) is 11.5 Å². The molecule has 0 aromatic heterocycles. The third kappa shape index (κ3) is 2.94. The van der Waals surface area contributed by atoms with E-state index in [1.54, 1.807) is 19.9 Å². The van der Waals surface area contributed by atoms with Crippen molar-refractivity contribution in [3.05, 3.63) is 12.2 Å². The predicted octanol–water partition coefficient (Wildman–Crippen LogP) is 1.54. The van der Waals surface area contributed by atoms with Crippen LogP contribution in [0.2, 0.25) is 0 Å². The molecule has 3 heterocycles. The van der Waals surface area contributed by atoms with Gasteiger partial charge in [-0.2, -0.15) is 0 Å². The lowest BCUT2D eigenvalue weighted by molar-refractivity contribution is -0.201. The highest BCUT2D eigenvalue weighted by Crippen LogP contribution is 2.44. The Labute approximate surface area is 146 Å². The zero-order valence-corrected chi connectivity index (χ0v) is 14.8. The van der Waals surface area contributed by atoms with Gasteiger partial charge in [0, 0.05) is 18.4 Å². The van der Waals surface area contributed by atoms with Crippen LogP contribution < -0.4 is 0 Å². The molecule has 3 aliphatic heterocycles. The second-order valence-electron chi connectivity index (χ2n) is 7.50. The zero-order valence-electron chi connectivity index (χ0n) is 14.8. The first-order valence-corrected chi connectivity index (χ1v) is 8.71. The summed E-state index contributed by atoms with van der Waals surface area (Å²) in [6.45, 7) is 6.18. The first-order valence-electron chi connectivity index (χ1n) is 8.71. The minimum atomic E-state index is -1.65. The topological polar surface area (TPSA) is 88.1 Å². The van der Waals surface area contributed by atoms with Gasteiger partial charge in [-0.3, -0.25) is 9.59 Å². The Hall–Kier alpha value is -1.89. The van der Waals surface area contributed by atoms with Gasteiger partial charge < -0.3 is 18.9 Å². The molecular weight excluding hydrogens is 328 g/mol. The van der Waals surface area contributed by atoms with Crippen molar-refractivity contribution in [2.75, 3.05) is 13.2 Å². The fourth-order valence-electron chi connectivity index (χ4n) is 3.36. The van der Waals surface area contributed by atoms with Gasteiger partial charge in [0.25, 0.3) is 0 Å². The van der Waals surface area contributed by atoms with Gasteiger partial charge in [-0.05, 0) is 12.5 Å². The number of rotatable bonds is 6. The monoisotopic (exact) mass is 352 g/mol. The number of unbranched alkanes of at least 4 members (excludes halogenated alkanes) is 1. The molecule has 0 saturated carbocycles. The molecule has 7 heteroatoms. The summed E-state index contributed by atoms with van der Waals surface area (Å²) in [5.41, 5.74) is -2.30. The standard InChI is InChI=1S/C18H24O7/c1-4-5-8-22-12-9-11-6-7-18(12,15(20)24-11)16(21)25-13-14(19)23-10-17(13,2)3/h6-7,11-13H,4-5,8-10H2,1-3H3/t11-,12+,13-,18-/m0/s1. The van der Waals surface area contributed by atoms with Crippen LogP contribution in [0.3, 0.4) is 0 Å². The van der Waals surface area contributed by atoms with E-state index >= 15 is 0 Å². The molecule has 0 aromatic rings. The summed E-state index contributed by atoms with van der Waals surface area (Å²) < 4.78 is 21.5. The van der Waals surface area contributed by atoms with Gasteiger partial charge in [0.15, 0.2) is 0 Å². The van der Waals surface area contributed by atoms with Crippen LogP contribution in [0.4, 0.5) is 0 Å². The maximum absolute atomic E-state index is 13.0. The summed E-state index contributed by atoms with van der Waals surface area (Å²) in [6.07, 6.45) is 3.28. The van der Waals surface area contributed by atoms with Crippen molar-refractivity contribution in [3.63, 3.8) is 0 Å². The Bertz CT molecular complexity index is 609. The van der Waals surface area contributed by atoms with E-state index in [2.05, 4.69) is 0 Å². The van der Waals surface area contributed by atoms with Crippen LogP contribution >= 0.6 is 0 Å². The van der Waals surface area contributed by atoms with Crippen LogP contribution in [0.1, 0.15) is 40.0 Å². The molecule has 1 aliphatic carbocycles. The maximum atomic E-state index is 13.0. The van der Waals surface area contributed by atoms with Crippen LogP contribution in [0.25, 0.3) is 0 Å². The zero-order chi connectivity index (χ0) is 18.2.